The van der Waals surface area contributed by atoms with Crippen LogP contribution in [0.2, 0.25) is 5.02 Å². The molecule has 1 unspecified atom stereocenters. The number of nitrogens with zero attached hydrogens (tertiary/aromatic N) is 1. The number of hydrogen-bond donors (Lipinski definition) is 1. The molecule has 0 aliphatic carbocycles. The highest BCUT2D eigenvalue weighted by Crippen LogP contribution is 2.26. The molecule has 1 fully saturated rings. The lowest BCUT2D eigenvalue weighted by atomic mass is 10.2. The summed E-state index contributed by atoms with van der Waals surface area (Å²) in [6.45, 7) is 3.34. The molecule has 4 heteroatoms. The van der Waals surface area contributed by atoms with Gasteiger partial charge in [-0.15, -0.1) is 0 Å². The molecule has 1 aliphatic heterocycles. The van der Waals surface area contributed by atoms with Crippen molar-refractivity contribution in [3.63, 3.8) is 0 Å². The molecule has 0 aromatic heterocycles. The third-order valence-corrected chi connectivity index (χ3v) is 2.89. The molecule has 0 saturated carbocycles. The maximum atomic E-state index is 11.9. The third-order valence-electron chi connectivity index (χ3n) is 2.57. The van der Waals surface area contributed by atoms with E-state index in [0.29, 0.717) is 11.6 Å². The predicted octanol–water partition coefficient (Wildman–Crippen LogP) is 1.66. The van der Waals surface area contributed by atoms with Crippen LogP contribution in [0, 0.1) is 0 Å². The molecule has 0 radical (unpaired) electrons. The number of rotatable bonds is 1. The smallest absolute Gasteiger partial charge is 0.243 e. The van der Waals surface area contributed by atoms with Crippen molar-refractivity contribution < 1.29 is 4.79 Å². The SMILES string of the molecule is CC1NCCN(c2ccccc2Cl)C1=O. The lowest BCUT2D eigenvalue weighted by Gasteiger charge is -2.32. The van der Waals surface area contributed by atoms with Gasteiger partial charge in [-0.3, -0.25) is 4.79 Å². The Morgan fingerprint density at radius 3 is 2.93 bits per heavy atom. The molecule has 2 rings (SSSR count). The molecule has 1 heterocycles. The molecule has 1 amide bonds. The second-order valence-corrected chi connectivity index (χ2v) is 4.02. The van der Waals surface area contributed by atoms with Gasteiger partial charge in [-0.1, -0.05) is 23.7 Å². The Morgan fingerprint density at radius 1 is 1.47 bits per heavy atom. The average molecular weight is 225 g/mol. The van der Waals surface area contributed by atoms with E-state index in [-0.39, 0.29) is 11.9 Å². The molecule has 3 nitrogen and oxygen atoms in total. The van der Waals surface area contributed by atoms with E-state index in [0.717, 1.165) is 12.2 Å². The highest BCUT2D eigenvalue weighted by atomic mass is 35.5. The summed E-state index contributed by atoms with van der Waals surface area (Å²) in [7, 11) is 0. The number of piperazine rings is 1. The minimum Gasteiger partial charge on any atom is -0.308 e. The molecule has 0 spiro atoms. The Hall–Kier alpha value is -1.06. The number of nitrogens with one attached hydrogen (secondary N) is 1. The summed E-state index contributed by atoms with van der Waals surface area (Å²) in [5.74, 6) is 0.0781. The summed E-state index contributed by atoms with van der Waals surface area (Å²) >= 11 is 6.06. The van der Waals surface area contributed by atoms with Gasteiger partial charge in [0.25, 0.3) is 0 Å². The Labute approximate surface area is 94.0 Å². The Balaban J connectivity index is 2.30. The van der Waals surface area contributed by atoms with Crippen LogP contribution in [-0.2, 0) is 4.79 Å². The maximum Gasteiger partial charge on any atom is 0.243 e. The van der Waals surface area contributed by atoms with Gasteiger partial charge in [-0.05, 0) is 19.1 Å². The van der Waals surface area contributed by atoms with Gasteiger partial charge < -0.3 is 10.2 Å². The Bertz CT molecular complexity index is 381. The monoisotopic (exact) mass is 224 g/mol. The number of halogens is 1. The van der Waals surface area contributed by atoms with Gasteiger partial charge in [-0.2, -0.15) is 0 Å². The third kappa shape index (κ3) is 1.98. The van der Waals surface area contributed by atoms with Crippen LogP contribution in [0.25, 0.3) is 0 Å². The quantitative estimate of drug-likeness (QED) is 0.787. The fraction of sp³-hybridized carbons (Fsp3) is 0.364. The molecule has 1 saturated heterocycles. The van der Waals surface area contributed by atoms with E-state index in [4.69, 9.17) is 11.6 Å². The van der Waals surface area contributed by atoms with E-state index in [1.165, 1.54) is 0 Å². The van der Waals surface area contributed by atoms with Gasteiger partial charge >= 0.3 is 0 Å². The van der Waals surface area contributed by atoms with Crippen molar-refractivity contribution in [3.05, 3.63) is 29.3 Å². The molecule has 1 aromatic rings. The van der Waals surface area contributed by atoms with E-state index in [1.54, 1.807) is 11.0 Å². The molecule has 0 bridgehead atoms. The highest BCUT2D eigenvalue weighted by molar-refractivity contribution is 6.33. The zero-order valence-electron chi connectivity index (χ0n) is 8.53. The molecular weight excluding hydrogens is 212 g/mol. The predicted molar refractivity (Wildman–Crippen MR) is 61.3 cm³/mol. The number of carbonyl (C=O) groups excluding carboxylic acids is 1. The van der Waals surface area contributed by atoms with Crippen molar-refractivity contribution in [2.24, 2.45) is 0 Å². The van der Waals surface area contributed by atoms with Gasteiger partial charge in [0.1, 0.15) is 0 Å². The van der Waals surface area contributed by atoms with Crippen molar-refractivity contribution in [2.45, 2.75) is 13.0 Å². The van der Waals surface area contributed by atoms with Crippen LogP contribution in [0.3, 0.4) is 0 Å². The zero-order chi connectivity index (χ0) is 10.8. The van der Waals surface area contributed by atoms with Crippen molar-refractivity contribution in [1.82, 2.24) is 5.32 Å². The van der Waals surface area contributed by atoms with Crippen LogP contribution in [0.4, 0.5) is 5.69 Å². The van der Waals surface area contributed by atoms with E-state index >= 15 is 0 Å². The zero-order valence-corrected chi connectivity index (χ0v) is 9.29. The van der Waals surface area contributed by atoms with Crippen molar-refractivity contribution in [1.29, 1.82) is 0 Å². The first-order valence-corrected chi connectivity index (χ1v) is 5.37. The highest BCUT2D eigenvalue weighted by Gasteiger charge is 2.26. The Morgan fingerprint density at radius 2 is 2.20 bits per heavy atom. The molecule has 1 atom stereocenters. The van der Waals surface area contributed by atoms with E-state index < -0.39 is 0 Å². The van der Waals surface area contributed by atoms with Crippen LogP contribution >= 0.6 is 11.6 Å². The second kappa shape index (κ2) is 4.21. The minimum absolute atomic E-state index is 0.0781. The van der Waals surface area contributed by atoms with E-state index in [9.17, 15) is 4.79 Å². The molecule has 15 heavy (non-hydrogen) atoms. The van der Waals surface area contributed by atoms with Gasteiger partial charge in [0.2, 0.25) is 5.91 Å². The summed E-state index contributed by atoms with van der Waals surface area (Å²) in [5, 5.41) is 3.74. The average Bonchev–Trinajstić information content (AvgIpc) is 2.23. The van der Waals surface area contributed by atoms with Gasteiger partial charge in [-0.25, -0.2) is 0 Å². The summed E-state index contributed by atoms with van der Waals surface area (Å²) in [4.78, 5) is 13.6. The number of hydrogen-bond acceptors (Lipinski definition) is 2. The lowest BCUT2D eigenvalue weighted by Crippen LogP contribution is -2.53. The van der Waals surface area contributed by atoms with Crippen LogP contribution in [0.1, 0.15) is 6.92 Å². The topological polar surface area (TPSA) is 32.3 Å². The minimum atomic E-state index is -0.130. The van der Waals surface area contributed by atoms with Crippen LogP contribution < -0.4 is 10.2 Å². The molecular formula is C11H13ClN2O. The van der Waals surface area contributed by atoms with Gasteiger partial charge in [0, 0.05) is 13.1 Å². The van der Waals surface area contributed by atoms with Crippen molar-refractivity contribution in [3.8, 4) is 0 Å². The first kappa shape index (κ1) is 10.5. The summed E-state index contributed by atoms with van der Waals surface area (Å²) in [5.41, 5.74) is 0.803. The largest absolute Gasteiger partial charge is 0.308 e. The molecule has 1 aromatic carbocycles. The number of carbonyl (C=O) groups is 1. The van der Waals surface area contributed by atoms with E-state index in [1.807, 2.05) is 25.1 Å². The van der Waals surface area contributed by atoms with Crippen molar-refractivity contribution >= 4 is 23.2 Å². The summed E-state index contributed by atoms with van der Waals surface area (Å²) in [6.07, 6.45) is 0. The number of benzene rings is 1. The number of para-hydroxylation sites is 1. The Kier molecular flexibility index (Phi) is 2.93. The van der Waals surface area contributed by atoms with Gasteiger partial charge in [0.05, 0.1) is 16.8 Å². The molecule has 1 aliphatic rings. The van der Waals surface area contributed by atoms with Gasteiger partial charge in [0.15, 0.2) is 0 Å². The lowest BCUT2D eigenvalue weighted by molar-refractivity contribution is -0.121. The molecule has 80 valence electrons. The number of anilines is 1. The summed E-state index contributed by atoms with van der Waals surface area (Å²) < 4.78 is 0. The first-order valence-electron chi connectivity index (χ1n) is 4.99. The number of amides is 1. The fourth-order valence-electron chi connectivity index (χ4n) is 1.73. The normalized spacial score (nSPS) is 21.9. The van der Waals surface area contributed by atoms with E-state index in [2.05, 4.69) is 5.32 Å². The van der Waals surface area contributed by atoms with Crippen LogP contribution in [0.5, 0.6) is 0 Å². The summed E-state index contributed by atoms with van der Waals surface area (Å²) in [6, 6.07) is 7.30. The standard InChI is InChI=1S/C11H13ClN2O/c1-8-11(15)14(7-6-13-8)10-5-3-2-4-9(10)12/h2-5,8,13H,6-7H2,1H3. The maximum absolute atomic E-state index is 11.9. The van der Waals surface area contributed by atoms with Crippen LogP contribution in [-0.4, -0.2) is 25.0 Å². The first-order chi connectivity index (χ1) is 7.20. The molecule has 1 N–H and O–H groups in total. The van der Waals surface area contributed by atoms with Crippen molar-refractivity contribution in [2.75, 3.05) is 18.0 Å². The van der Waals surface area contributed by atoms with Crippen LogP contribution in [0.15, 0.2) is 24.3 Å². The second-order valence-electron chi connectivity index (χ2n) is 3.62. The fourth-order valence-corrected chi connectivity index (χ4v) is 1.97.